The minimum absolute atomic E-state index is 0.123. The van der Waals surface area contributed by atoms with Crippen molar-refractivity contribution in [1.29, 1.82) is 0 Å². The van der Waals surface area contributed by atoms with Crippen LogP contribution in [0.1, 0.15) is 21.5 Å². The van der Waals surface area contributed by atoms with E-state index in [4.69, 9.17) is 4.74 Å². The molecular formula is C24H18FNO2. The summed E-state index contributed by atoms with van der Waals surface area (Å²) in [5.41, 5.74) is 4.22. The lowest BCUT2D eigenvalue weighted by molar-refractivity contribution is 0.0471. The molecule has 0 atom stereocenters. The summed E-state index contributed by atoms with van der Waals surface area (Å²) in [6.45, 7) is 1.89. The largest absolute Gasteiger partial charge is 0.457 e. The molecule has 3 aromatic carbocycles. The van der Waals surface area contributed by atoms with Crippen LogP contribution in [0.25, 0.3) is 22.2 Å². The highest BCUT2D eigenvalue weighted by Gasteiger charge is 2.16. The first-order valence-corrected chi connectivity index (χ1v) is 8.99. The van der Waals surface area contributed by atoms with Crippen molar-refractivity contribution in [3.63, 3.8) is 0 Å². The van der Waals surface area contributed by atoms with Gasteiger partial charge in [0.25, 0.3) is 0 Å². The average Bonchev–Trinajstić information content (AvgIpc) is 2.72. The van der Waals surface area contributed by atoms with E-state index in [1.165, 1.54) is 6.07 Å². The fourth-order valence-corrected chi connectivity index (χ4v) is 3.05. The van der Waals surface area contributed by atoms with E-state index in [0.29, 0.717) is 27.7 Å². The molecule has 28 heavy (non-hydrogen) atoms. The third-order valence-corrected chi connectivity index (χ3v) is 4.60. The van der Waals surface area contributed by atoms with Crippen LogP contribution < -0.4 is 0 Å². The number of ether oxygens (including phenoxy) is 1. The Kier molecular flexibility index (Phi) is 4.85. The number of carbonyl (C=O) groups excluding carboxylic acids is 1. The molecule has 0 spiro atoms. The van der Waals surface area contributed by atoms with Gasteiger partial charge >= 0.3 is 5.97 Å². The quantitative estimate of drug-likeness (QED) is 0.432. The van der Waals surface area contributed by atoms with Crippen LogP contribution in [-0.4, -0.2) is 11.0 Å². The molecule has 4 aromatic rings. The first kappa shape index (κ1) is 17.9. The number of aromatic nitrogens is 1. The van der Waals surface area contributed by atoms with Gasteiger partial charge in [-0.15, -0.1) is 0 Å². The molecule has 1 heterocycles. The number of rotatable bonds is 4. The number of nitrogens with zero attached hydrogens (tertiary/aromatic N) is 1. The molecule has 0 unspecified atom stereocenters. The summed E-state index contributed by atoms with van der Waals surface area (Å²) in [6.07, 6.45) is 0. The van der Waals surface area contributed by atoms with E-state index in [9.17, 15) is 9.18 Å². The molecule has 0 aliphatic heterocycles. The zero-order valence-corrected chi connectivity index (χ0v) is 15.4. The van der Waals surface area contributed by atoms with Gasteiger partial charge in [-0.2, -0.15) is 0 Å². The molecule has 0 saturated heterocycles. The van der Waals surface area contributed by atoms with Crippen molar-refractivity contribution in [2.75, 3.05) is 0 Å². The molecule has 138 valence electrons. The number of benzene rings is 3. The first-order chi connectivity index (χ1) is 13.6. The zero-order chi connectivity index (χ0) is 19.5. The predicted molar refractivity (Wildman–Crippen MR) is 107 cm³/mol. The van der Waals surface area contributed by atoms with Crippen LogP contribution in [0.2, 0.25) is 0 Å². The fourth-order valence-electron chi connectivity index (χ4n) is 3.05. The number of fused-ring (bicyclic) bond motifs is 1. The Balaban J connectivity index is 1.71. The number of aryl methyl sites for hydroxylation is 1. The van der Waals surface area contributed by atoms with E-state index in [1.807, 2.05) is 55.5 Å². The van der Waals surface area contributed by atoms with Crippen LogP contribution >= 0.6 is 0 Å². The number of esters is 1. The van der Waals surface area contributed by atoms with Crippen LogP contribution in [0.15, 0.2) is 78.9 Å². The number of carbonyl (C=O) groups is 1. The number of pyridine rings is 1. The minimum Gasteiger partial charge on any atom is -0.457 e. The number of hydrogen-bond acceptors (Lipinski definition) is 3. The van der Waals surface area contributed by atoms with Crippen molar-refractivity contribution in [1.82, 2.24) is 4.98 Å². The highest BCUT2D eigenvalue weighted by Crippen LogP contribution is 2.26. The molecule has 3 nitrogen and oxygen atoms in total. The number of para-hydroxylation sites is 1. The van der Waals surface area contributed by atoms with Crippen molar-refractivity contribution in [2.24, 2.45) is 0 Å². The highest BCUT2D eigenvalue weighted by atomic mass is 19.1. The van der Waals surface area contributed by atoms with Gasteiger partial charge < -0.3 is 4.74 Å². The summed E-state index contributed by atoms with van der Waals surface area (Å²) in [7, 11) is 0. The average molecular weight is 371 g/mol. The SMILES string of the molecule is Cc1ccc(-c2cc(C(=O)OCc3ccccc3F)c3ccccc3n2)cc1. The Bertz CT molecular complexity index is 1150. The molecular weight excluding hydrogens is 353 g/mol. The molecule has 4 heteroatoms. The molecule has 1 aromatic heterocycles. The molecule has 0 fully saturated rings. The fraction of sp³-hybridized carbons (Fsp3) is 0.0833. The Morgan fingerprint density at radius 3 is 2.46 bits per heavy atom. The Labute approximate surface area is 162 Å². The predicted octanol–water partition coefficient (Wildman–Crippen LogP) is 5.71. The normalized spacial score (nSPS) is 10.8. The summed E-state index contributed by atoms with van der Waals surface area (Å²) in [5, 5.41) is 0.705. The summed E-state index contributed by atoms with van der Waals surface area (Å²) >= 11 is 0. The third-order valence-electron chi connectivity index (χ3n) is 4.60. The van der Waals surface area contributed by atoms with Crippen molar-refractivity contribution in [2.45, 2.75) is 13.5 Å². The zero-order valence-electron chi connectivity index (χ0n) is 15.4. The second-order valence-corrected chi connectivity index (χ2v) is 6.61. The van der Waals surface area contributed by atoms with Gasteiger partial charge in [-0.05, 0) is 25.1 Å². The lowest BCUT2D eigenvalue weighted by atomic mass is 10.0. The second kappa shape index (κ2) is 7.61. The Morgan fingerprint density at radius 2 is 1.68 bits per heavy atom. The first-order valence-electron chi connectivity index (χ1n) is 8.99. The van der Waals surface area contributed by atoms with Gasteiger partial charge in [0, 0.05) is 16.5 Å². The van der Waals surface area contributed by atoms with E-state index in [-0.39, 0.29) is 6.61 Å². The topological polar surface area (TPSA) is 39.2 Å². The van der Waals surface area contributed by atoms with Crippen LogP contribution in [0.3, 0.4) is 0 Å². The summed E-state index contributed by atoms with van der Waals surface area (Å²) < 4.78 is 19.2. The third kappa shape index (κ3) is 3.62. The molecule has 0 radical (unpaired) electrons. The molecule has 0 N–H and O–H groups in total. The van der Waals surface area contributed by atoms with Gasteiger partial charge in [0.05, 0.1) is 16.8 Å². The lowest BCUT2D eigenvalue weighted by Gasteiger charge is -2.11. The van der Waals surface area contributed by atoms with Gasteiger partial charge in [-0.3, -0.25) is 0 Å². The molecule has 0 aliphatic carbocycles. The number of hydrogen-bond donors (Lipinski definition) is 0. The summed E-state index contributed by atoms with van der Waals surface area (Å²) in [6, 6.07) is 23.4. The maximum Gasteiger partial charge on any atom is 0.339 e. The maximum atomic E-state index is 13.8. The Hall–Kier alpha value is -3.53. The van der Waals surface area contributed by atoms with Crippen molar-refractivity contribution in [3.05, 3.63) is 101 Å². The van der Waals surface area contributed by atoms with Crippen LogP contribution in [0.4, 0.5) is 4.39 Å². The molecule has 0 amide bonds. The van der Waals surface area contributed by atoms with E-state index in [1.54, 1.807) is 24.3 Å². The van der Waals surface area contributed by atoms with Gasteiger partial charge in [0.1, 0.15) is 12.4 Å². The monoisotopic (exact) mass is 371 g/mol. The van der Waals surface area contributed by atoms with E-state index in [0.717, 1.165) is 11.1 Å². The van der Waals surface area contributed by atoms with Gasteiger partial charge in [0.15, 0.2) is 0 Å². The van der Waals surface area contributed by atoms with Gasteiger partial charge in [-0.25, -0.2) is 14.2 Å². The van der Waals surface area contributed by atoms with Crippen LogP contribution in [0.5, 0.6) is 0 Å². The molecule has 0 saturated carbocycles. The lowest BCUT2D eigenvalue weighted by Crippen LogP contribution is -2.08. The molecule has 0 bridgehead atoms. The minimum atomic E-state index is -0.504. The molecule has 0 aliphatic rings. The van der Waals surface area contributed by atoms with Crippen molar-refractivity contribution >= 4 is 16.9 Å². The maximum absolute atomic E-state index is 13.8. The van der Waals surface area contributed by atoms with E-state index in [2.05, 4.69) is 4.98 Å². The standard InChI is InChI=1S/C24H18FNO2/c1-16-10-12-17(13-11-16)23-14-20(19-7-3-5-9-22(19)26-23)24(27)28-15-18-6-2-4-8-21(18)25/h2-14H,15H2,1H3. The summed E-state index contributed by atoms with van der Waals surface area (Å²) in [5.74, 6) is -0.898. The summed E-state index contributed by atoms with van der Waals surface area (Å²) in [4.78, 5) is 17.5. The second-order valence-electron chi connectivity index (χ2n) is 6.61. The van der Waals surface area contributed by atoms with Crippen molar-refractivity contribution < 1.29 is 13.9 Å². The highest BCUT2D eigenvalue weighted by molar-refractivity contribution is 6.04. The van der Waals surface area contributed by atoms with Gasteiger partial charge in [-0.1, -0.05) is 66.2 Å². The smallest absolute Gasteiger partial charge is 0.339 e. The van der Waals surface area contributed by atoms with Gasteiger partial charge in [0.2, 0.25) is 0 Å². The number of halogens is 1. The Morgan fingerprint density at radius 1 is 0.964 bits per heavy atom. The molecule has 4 rings (SSSR count). The van der Waals surface area contributed by atoms with E-state index >= 15 is 0 Å². The van der Waals surface area contributed by atoms with Crippen molar-refractivity contribution in [3.8, 4) is 11.3 Å². The van der Waals surface area contributed by atoms with E-state index < -0.39 is 11.8 Å². The van der Waals surface area contributed by atoms with Crippen LogP contribution in [0, 0.1) is 12.7 Å². The van der Waals surface area contributed by atoms with Crippen LogP contribution in [-0.2, 0) is 11.3 Å².